The third-order valence-corrected chi connectivity index (χ3v) is 2.83. The smallest absolute Gasteiger partial charge is 0.326 e. The van der Waals surface area contributed by atoms with E-state index in [1.54, 1.807) is 24.3 Å². The summed E-state index contributed by atoms with van der Waals surface area (Å²) in [5.74, 6) is -1.85. The standard InChI is InChI=1S/C14H18N2O4/c1-10(17)16(2)9-13(18)15-12(14(19)20)8-11-6-4-3-5-7-11/h3-7,12H,8-9H2,1-2H3,(H,15,18)(H,19,20)/t12-/m0/s1. The van der Waals surface area contributed by atoms with Gasteiger partial charge in [-0.05, 0) is 5.56 Å². The van der Waals surface area contributed by atoms with Gasteiger partial charge in [0.2, 0.25) is 11.8 Å². The van der Waals surface area contributed by atoms with Crippen molar-refractivity contribution in [3.63, 3.8) is 0 Å². The van der Waals surface area contributed by atoms with E-state index in [9.17, 15) is 14.4 Å². The van der Waals surface area contributed by atoms with Gasteiger partial charge in [-0.25, -0.2) is 4.79 Å². The van der Waals surface area contributed by atoms with Gasteiger partial charge in [0.1, 0.15) is 6.04 Å². The minimum Gasteiger partial charge on any atom is -0.480 e. The molecule has 0 heterocycles. The van der Waals surface area contributed by atoms with Crippen molar-refractivity contribution < 1.29 is 19.5 Å². The van der Waals surface area contributed by atoms with E-state index in [1.807, 2.05) is 6.07 Å². The number of hydrogen-bond donors (Lipinski definition) is 2. The number of nitrogens with one attached hydrogen (secondary N) is 1. The zero-order valence-electron chi connectivity index (χ0n) is 11.5. The molecule has 2 N–H and O–H groups in total. The highest BCUT2D eigenvalue weighted by Gasteiger charge is 2.21. The Morgan fingerprint density at radius 1 is 1.25 bits per heavy atom. The van der Waals surface area contributed by atoms with E-state index < -0.39 is 17.9 Å². The molecule has 6 heteroatoms. The summed E-state index contributed by atoms with van der Waals surface area (Å²) in [4.78, 5) is 35.1. The largest absolute Gasteiger partial charge is 0.480 e. The Balaban J connectivity index is 2.62. The fraction of sp³-hybridized carbons (Fsp3) is 0.357. The van der Waals surface area contributed by atoms with Gasteiger partial charge in [0.25, 0.3) is 0 Å². The first-order valence-corrected chi connectivity index (χ1v) is 6.18. The molecule has 0 fully saturated rings. The molecule has 108 valence electrons. The van der Waals surface area contributed by atoms with Crippen LogP contribution in [0, 0.1) is 0 Å². The number of amides is 2. The van der Waals surface area contributed by atoms with E-state index >= 15 is 0 Å². The van der Waals surface area contributed by atoms with E-state index in [2.05, 4.69) is 5.32 Å². The van der Waals surface area contributed by atoms with Crippen molar-refractivity contribution in [1.29, 1.82) is 0 Å². The Morgan fingerprint density at radius 2 is 1.85 bits per heavy atom. The normalized spacial score (nSPS) is 11.5. The van der Waals surface area contributed by atoms with Gasteiger partial charge in [0.15, 0.2) is 0 Å². The molecule has 0 aliphatic carbocycles. The number of carbonyl (C=O) groups excluding carboxylic acids is 2. The molecule has 20 heavy (non-hydrogen) atoms. The molecule has 1 rings (SSSR count). The van der Waals surface area contributed by atoms with Crippen molar-refractivity contribution in [3.8, 4) is 0 Å². The molecule has 0 aliphatic heterocycles. The lowest BCUT2D eigenvalue weighted by molar-refractivity contribution is -0.142. The van der Waals surface area contributed by atoms with Crippen LogP contribution in [0.25, 0.3) is 0 Å². The third-order valence-electron chi connectivity index (χ3n) is 2.83. The van der Waals surface area contributed by atoms with Gasteiger partial charge in [-0.15, -0.1) is 0 Å². The number of nitrogens with zero attached hydrogens (tertiary/aromatic N) is 1. The van der Waals surface area contributed by atoms with E-state index in [0.717, 1.165) is 5.56 Å². The first-order chi connectivity index (χ1) is 9.40. The summed E-state index contributed by atoms with van der Waals surface area (Å²) >= 11 is 0. The van der Waals surface area contributed by atoms with Gasteiger partial charge >= 0.3 is 5.97 Å². The maximum atomic E-state index is 11.7. The van der Waals surface area contributed by atoms with Gasteiger partial charge in [-0.3, -0.25) is 9.59 Å². The van der Waals surface area contributed by atoms with Crippen LogP contribution < -0.4 is 5.32 Å². The topological polar surface area (TPSA) is 86.7 Å². The molecule has 0 saturated heterocycles. The van der Waals surface area contributed by atoms with Crippen LogP contribution >= 0.6 is 0 Å². The molecule has 0 aliphatic rings. The van der Waals surface area contributed by atoms with Gasteiger partial charge in [-0.2, -0.15) is 0 Å². The molecule has 0 unspecified atom stereocenters. The zero-order chi connectivity index (χ0) is 15.1. The Labute approximate surface area is 117 Å². The molecule has 0 radical (unpaired) electrons. The number of carboxylic acid groups (broad SMARTS) is 1. The fourth-order valence-electron chi connectivity index (χ4n) is 1.62. The van der Waals surface area contributed by atoms with Crippen LogP contribution in [0.15, 0.2) is 30.3 Å². The predicted molar refractivity (Wildman–Crippen MR) is 73.0 cm³/mol. The van der Waals surface area contributed by atoms with E-state index in [0.29, 0.717) is 0 Å². The lowest BCUT2D eigenvalue weighted by Gasteiger charge is -2.18. The third kappa shape index (κ3) is 5.09. The number of carboxylic acids is 1. The van der Waals surface area contributed by atoms with Crippen LogP contribution in [0.2, 0.25) is 0 Å². The fourth-order valence-corrected chi connectivity index (χ4v) is 1.62. The molecule has 0 bridgehead atoms. The van der Waals surface area contributed by atoms with E-state index in [-0.39, 0.29) is 18.9 Å². The molecule has 0 saturated carbocycles. The van der Waals surface area contributed by atoms with Crippen LogP contribution in [-0.2, 0) is 20.8 Å². The second kappa shape index (κ2) is 7.28. The summed E-state index contributed by atoms with van der Waals surface area (Å²) in [6, 6.07) is 8.03. The molecule has 0 aromatic heterocycles. The highest BCUT2D eigenvalue weighted by molar-refractivity contribution is 5.87. The number of benzene rings is 1. The van der Waals surface area contributed by atoms with Crippen molar-refractivity contribution in [1.82, 2.24) is 10.2 Å². The molecule has 1 aromatic rings. The molecule has 0 spiro atoms. The maximum absolute atomic E-state index is 11.7. The molecule has 6 nitrogen and oxygen atoms in total. The minimum atomic E-state index is -1.10. The number of hydrogen-bond acceptors (Lipinski definition) is 3. The van der Waals surface area contributed by atoms with Crippen molar-refractivity contribution in [2.45, 2.75) is 19.4 Å². The summed E-state index contributed by atoms with van der Waals surface area (Å²) in [6.07, 6.45) is 0.200. The first kappa shape index (κ1) is 15.7. The van der Waals surface area contributed by atoms with Crippen LogP contribution in [-0.4, -0.2) is 47.4 Å². The van der Waals surface area contributed by atoms with Crippen molar-refractivity contribution in [2.24, 2.45) is 0 Å². The summed E-state index contributed by atoms with van der Waals surface area (Å²) in [7, 11) is 1.48. The SMILES string of the molecule is CC(=O)N(C)CC(=O)N[C@@H](Cc1ccccc1)C(=O)O. The molecular weight excluding hydrogens is 260 g/mol. The molecule has 1 atom stereocenters. The van der Waals surface area contributed by atoms with Crippen LogP contribution in [0.3, 0.4) is 0 Å². The average molecular weight is 278 g/mol. The summed E-state index contributed by atoms with van der Waals surface area (Å²) in [5, 5.41) is 11.5. The number of aliphatic carboxylic acids is 1. The van der Waals surface area contributed by atoms with Gasteiger partial charge in [0.05, 0.1) is 6.54 Å². The molecule has 2 amide bonds. The van der Waals surface area contributed by atoms with Crippen molar-refractivity contribution in [3.05, 3.63) is 35.9 Å². The van der Waals surface area contributed by atoms with Crippen LogP contribution in [0.5, 0.6) is 0 Å². The number of carbonyl (C=O) groups is 3. The summed E-state index contributed by atoms with van der Waals surface area (Å²) < 4.78 is 0. The number of rotatable bonds is 6. The monoisotopic (exact) mass is 278 g/mol. The quantitative estimate of drug-likeness (QED) is 0.782. The van der Waals surface area contributed by atoms with Crippen LogP contribution in [0.4, 0.5) is 0 Å². The average Bonchev–Trinajstić information content (AvgIpc) is 2.38. The first-order valence-electron chi connectivity index (χ1n) is 6.18. The molecular formula is C14H18N2O4. The van der Waals surface area contributed by atoms with Crippen molar-refractivity contribution >= 4 is 17.8 Å². The Bertz CT molecular complexity index is 487. The lowest BCUT2D eigenvalue weighted by atomic mass is 10.1. The predicted octanol–water partition coefficient (Wildman–Crippen LogP) is 0.277. The summed E-state index contributed by atoms with van der Waals surface area (Å²) in [6.45, 7) is 1.18. The second-order valence-electron chi connectivity index (χ2n) is 4.52. The maximum Gasteiger partial charge on any atom is 0.326 e. The Kier molecular flexibility index (Phi) is 5.71. The van der Waals surface area contributed by atoms with Gasteiger partial charge < -0.3 is 15.3 Å². The minimum absolute atomic E-state index is 0.159. The van der Waals surface area contributed by atoms with Crippen molar-refractivity contribution in [2.75, 3.05) is 13.6 Å². The lowest BCUT2D eigenvalue weighted by Crippen LogP contribution is -2.46. The van der Waals surface area contributed by atoms with Crippen LogP contribution in [0.1, 0.15) is 12.5 Å². The molecule has 1 aromatic carbocycles. The van der Waals surface area contributed by atoms with Gasteiger partial charge in [-0.1, -0.05) is 30.3 Å². The highest BCUT2D eigenvalue weighted by Crippen LogP contribution is 2.03. The van der Waals surface area contributed by atoms with E-state index in [1.165, 1.54) is 18.9 Å². The highest BCUT2D eigenvalue weighted by atomic mass is 16.4. The Hall–Kier alpha value is -2.37. The van der Waals surface area contributed by atoms with E-state index in [4.69, 9.17) is 5.11 Å². The zero-order valence-corrected chi connectivity index (χ0v) is 11.5. The van der Waals surface area contributed by atoms with Gasteiger partial charge in [0, 0.05) is 20.4 Å². The Morgan fingerprint density at radius 3 is 2.35 bits per heavy atom. The second-order valence-corrected chi connectivity index (χ2v) is 4.52. The number of likely N-dealkylation sites (N-methyl/N-ethyl adjacent to an activating group) is 1. The summed E-state index contributed by atoms with van der Waals surface area (Å²) in [5.41, 5.74) is 0.820.